The molecule has 6 heteroatoms. The highest BCUT2D eigenvalue weighted by Gasteiger charge is 2.28. The van der Waals surface area contributed by atoms with Crippen molar-refractivity contribution in [2.24, 2.45) is 0 Å². The van der Waals surface area contributed by atoms with E-state index in [1.54, 1.807) is 61.1 Å². The fraction of sp³-hybridized carbons (Fsp3) is 0. The van der Waals surface area contributed by atoms with Crippen molar-refractivity contribution in [3.8, 4) is 0 Å². The smallest absolute Gasteiger partial charge is 0.194 e. The summed E-state index contributed by atoms with van der Waals surface area (Å²) in [5.74, 6) is -0.128. The fourth-order valence-electron chi connectivity index (χ4n) is 2.74. The molecule has 120 valence electrons. The maximum atomic E-state index is 12.1. The third-order valence-corrected chi connectivity index (χ3v) is 3.93. The maximum Gasteiger partial charge on any atom is 0.194 e. The van der Waals surface area contributed by atoms with Crippen molar-refractivity contribution in [3.63, 3.8) is 0 Å². The molecule has 1 aliphatic carbocycles. The van der Waals surface area contributed by atoms with E-state index in [-0.39, 0.29) is 11.6 Å². The van der Waals surface area contributed by atoms with Gasteiger partial charge >= 0.3 is 0 Å². The maximum absolute atomic E-state index is 12.1. The third kappa shape index (κ3) is 2.59. The monoisotopic (exact) mass is 328 g/mol. The second-order valence-electron chi connectivity index (χ2n) is 5.41. The number of hydrogen-bond donors (Lipinski definition) is 1. The zero-order valence-corrected chi connectivity index (χ0v) is 13.0. The molecule has 0 bridgehead atoms. The average Bonchev–Trinajstić information content (AvgIpc) is 3.15. The van der Waals surface area contributed by atoms with Crippen molar-refractivity contribution in [3.05, 3.63) is 89.6 Å². The van der Waals surface area contributed by atoms with Crippen molar-refractivity contribution >= 4 is 22.7 Å². The molecule has 0 aliphatic heterocycles. The van der Waals surface area contributed by atoms with Crippen LogP contribution in [0, 0.1) is 0 Å². The minimum Gasteiger partial charge on any atom is -0.342 e. The van der Waals surface area contributed by atoms with Crippen LogP contribution >= 0.6 is 0 Å². The number of rotatable bonds is 0. The van der Waals surface area contributed by atoms with Crippen molar-refractivity contribution in [1.82, 2.24) is 19.9 Å². The van der Waals surface area contributed by atoms with Crippen LogP contribution in [-0.4, -0.2) is 31.5 Å². The molecule has 0 unspecified atom stereocenters. The lowest BCUT2D eigenvalue weighted by Crippen LogP contribution is -2.20. The quantitative estimate of drug-likeness (QED) is 0.472. The number of aromatic nitrogens is 4. The molecule has 0 radical (unpaired) electrons. The SMILES string of the molecule is O=C1c2ccccc2C(=O)c2ccccc21.c1ncc2[nH]cnc2n1. The Hall–Kier alpha value is -3.67. The number of nitrogens with zero attached hydrogens (tertiary/aromatic N) is 3. The molecule has 2 aromatic carbocycles. The summed E-state index contributed by atoms with van der Waals surface area (Å²) >= 11 is 0. The van der Waals surface area contributed by atoms with Crippen molar-refractivity contribution in [1.29, 1.82) is 0 Å². The number of aromatic amines is 1. The predicted octanol–water partition coefficient (Wildman–Crippen LogP) is 2.81. The minimum atomic E-state index is -0.0641. The Kier molecular flexibility index (Phi) is 3.63. The Labute approximate surface area is 142 Å². The fourth-order valence-corrected chi connectivity index (χ4v) is 2.74. The molecule has 2 heterocycles. The van der Waals surface area contributed by atoms with Gasteiger partial charge in [-0.1, -0.05) is 48.5 Å². The first kappa shape index (κ1) is 14.9. The molecule has 0 spiro atoms. The van der Waals surface area contributed by atoms with Crippen LogP contribution in [0.1, 0.15) is 31.8 Å². The first-order valence-corrected chi connectivity index (χ1v) is 7.62. The number of fused-ring (bicyclic) bond motifs is 3. The second kappa shape index (κ2) is 6.09. The summed E-state index contributed by atoms with van der Waals surface area (Å²) in [7, 11) is 0. The van der Waals surface area contributed by atoms with Crippen molar-refractivity contribution < 1.29 is 9.59 Å². The summed E-state index contributed by atoms with van der Waals surface area (Å²) < 4.78 is 0. The summed E-state index contributed by atoms with van der Waals surface area (Å²) in [4.78, 5) is 38.7. The van der Waals surface area contributed by atoms with E-state index in [9.17, 15) is 9.59 Å². The standard InChI is InChI=1S/C14H8O2.C5H4N4/c15-13-9-5-1-2-6-10(9)14(16)12-8-4-3-7-11(12)13;1-4-5(8-2-6-1)9-3-7-4/h1-8H;1-3H,(H,6,7,8,9). The Balaban J connectivity index is 0.000000147. The molecule has 0 saturated carbocycles. The Morgan fingerprint density at radius 2 is 1.24 bits per heavy atom. The first-order valence-electron chi connectivity index (χ1n) is 7.62. The lowest BCUT2D eigenvalue weighted by atomic mass is 9.84. The molecule has 4 aromatic rings. The Morgan fingerprint density at radius 1 is 0.720 bits per heavy atom. The van der Waals surface area contributed by atoms with Gasteiger partial charge in [0.1, 0.15) is 11.8 Å². The zero-order valence-electron chi connectivity index (χ0n) is 13.0. The van der Waals surface area contributed by atoms with Crippen molar-refractivity contribution in [2.75, 3.05) is 0 Å². The van der Waals surface area contributed by atoms with E-state index in [1.165, 1.54) is 6.33 Å². The molecular weight excluding hydrogens is 316 g/mol. The van der Waals surface area contributed by atoms with Gasteiger partial charge in [0.25, 0.3) is 0 Å². The molecule has 6 nitrogen and oxygen atoms in total. The van der Waals surface area contributed by atoms with Gasteiger partial charge in [0.15, 0.2) is 17.2 Å². The molecule has 1 N–H and O–H groups in total. The molecule has 0 amide bonds. The summed E-state index contributed by atoms with van der Waals surface area (Å²) in [6.07, 6.45) is 4.76. The Morgan fingerprint density at radius 3 is 1.72 bits per heavy atom. The predicted molar refractivity (Wildman–Crippen MR) is 91.4 cm³/mol. The average molecular weight is 328 g/mol. The number of hydrogen-bond acceptors (Lipinski definition) is 5. The van der Waals surface area contributed by atoms with Gasteiger partial charge in [0.2, 0.25) is 0 Å². The molecule has 0 fully saturated rings. The van der Waals surface area contributed by atoms with Crippen LogP contribution in [0.25, 0.3) is 11.2 Å². The van der Waals surface area contributed by atoms with Crippen LogP contribution in [0.4, 0.5) is 0 Å². The molecule has 2 aromatic heterocycles. The van der Waals surface area contributed by atoms with Gasteiger partial charge in [0.05, 0.1) is 12.5 Å². The van der Waals surface area contributed by atoms with Gasteiger partial charge in [-0.3, -0.25) is 9.59 Å². The number of ketones is 2. The van der Waals surface area contributed by atoms with E-state index in [0.717, 1.165) is 5.52 Å². The lowest BCUT2D eigenvalue weighted by Gasteiger charge is -2.16. The summed E-state index contributed by atoms with van der Waals surface area (Å²) in [6.45, 7) is 0. The number of imidazole rings is 1. The third-order valence-electron chi connectivity index (χ3n) is 3.93. The topological polar surface area (TPSA) is 88.6 Å². The van der Waals surface area contributed by atoms with Crippen LogP contribution in [0.2, 0.25) is 0 Å². The molecule has 5 rings (SSSR count). The summed E-state index contributed by atoms with van der Waals surface area (Å²) in [5, 5.41) is 0. The highest BCUT2D eigenvalue weighted by atomic mass is 16.1. The molecule has 0 atom stereocenters. The van der Waals surface area contributed by atoms with Crippen LogP contribution in [-0.2, 0) is 0 Å². The van der Waals surface area contributed by atoms with Crippen LogP contribution in [0.15, 0.2) is 67.4 Å². The molecule has 0 saturated heterocycles. The zero-order chi connectivity index (χ0) is 17.2. The van der Waals surface area contributed by atoms with Gasteiger partial charge in [-0.25, -0.2) is 15.0 Å². The second-order valence-corrected chi connectivity index (χ2v) is 5.41. The molecular formula is C19H12N4O2. The van der Waals surface area contributed by atoms with E-state index >= 15 is 0 Å². The van der Waals surface area contributed by atoms with Crippen LogP contribution in [0.3, 0.4) is 0 Å². The Bertz CT molecular complexity index is 965. The van der Waals surface area contributed by atoms with E-state index in [4.69, 9.17) is 0 Å². The number of carbonyl (C=O) groups excluding carboxylic acids is 2. The minimum absolute atomic E-state index is 0.0641. The lowest BCUT2D eigenvalue weighted by molar-refractivity contribution is 0.0979. The van der Waals surface area contributed by atoms with E-state index in [1.807, 2.05) is 0 Å². The summed E-state index contributed by atoms with van der Waals surface area (Å²) in [6, 6.07) is 13.9. The number of benzene rings is 2. The first-order chi connectivity index (χ1) is 12.3. The largest absolute Gasteiger partial charge is 0.342 e. The number of nitrogens with one attached hydrogen (secondary N) is 1. The highest BCUT2D eigenvalue weighted by Crippen LogP contribution is 2.26. The van der Waals surface area contributed by atoms with Gasteiger partial charge in [-0.15, -0.1) is 0 Å². The molecule has 25 heavy (non-hydrogen) atoms. The summed E-state index contributed by atoms with van der Waals surface area (Å²) in [5.41, 5.74) is 3.61. The number of carbonyl (C=O) groups is 2. The van der Waals surface area contributed by atoms with Crippen molar-refractivity contribution in [2.45, 2.75) is 0 Å². The molecule has 1 aliphatic rings. The van der Waals surface area contributed by atoms with Crippen LogP contribution < -0.4 is 0 Å². The van der Waals surface area contributed by atoms with Crippen LogP contribution in [0.5, 0.6) is 0 Å². The van der Waals surface area contributed by atoms with E-state index in [0.29, 0.717) is 27.9 Å². The van der Waals surface area contributed by atoms with Gasteiger partial charge < -0.3 is 4.98 Å². The van der Waals surface area contributed by atoms with Gasteiger partial charge in [0, 0.05) is 22.3 Å². The van der Waals surface area contributed by atoms with E-state index in [2.05, 4.69) is 19.9 Å². The highest BCUT2D eigenvalue weighted by molar-refractivity contribution is 6.28. The normalized spacial score (nSPS) is 12.2. The van der Waals surface area contributed by atoms with Gasteiger partial charge in [-0.05, 0) is 0 Å². The number of H-pyrrole nitrogens is 1. The van der Waals surface area contributed by atoms with Gasteiger partial charge in [-0.2, -0.15) is 0 Å². The van der Waals surface area contributed by atoms with E-state index < -0.39 is 0 Å².